The van der Waals surface area contributed by atoms with Crippen molar-refractivity contribution in [3.63, 3.8) is 0 Å². The molecule has 0 saturated heterocycles. The first-order chi connectivity index (χ1) is 11.5. The lowest BCUT2D eigenvalue weighted by Crippen LogP contribution is -2.20. The Hall–Kier alpha value is -3.35. The van der Waals surface area contributed by atoms with E-state index in [1.807, 2.05) is 0 Å². The van der Waals surface area contributed by atoms with Gasteiger partial charge in [0.2, 0.25) is 5.91 Å². The molecule has 0 spiro atoms. The molecule has 0 aliphatic heterocycles. The van der Waals surface area contributed by atoms with Crippen LogP contribution in [-0.4, -0.2) is 31.8 Å². The van der Waals surface area contributed by atoms with E-state index < -0.39 is 5.91 Å². The van der Waals surface area contributed by atoms with Crippen LogP contribution in [0, 0.1) is 0 Å². The number of hydrogen-bond donors (Lipinski definition) is 2. The average molecular weight is 328 g/mol. The molecule has 0 aliphatic carbocycles. The van der Waals surface area contributed by atoms with Crippen molar-refractivity contribution in [1.82, 2.24) is 0 Å². The van der Waals surface area contributed by atoms with Crippen LogP contribution in [0.25, 0.3) is 0 Å². The van der Waals surface area contributed by atoms with Crippen molar-refractivity contribution in [1.29, 1.82) is 0 Å². The number of rotatable bonds is 7. The van der Waals surface area contributed by atoms with Crippen LogP contribution in [0.15, 0.2) is 42.5 Å². The first kappa shape index (κ1) is 17.0. The predicted octanol–water partition coefficient (Wildman–Crippen LogP) is 1.62. The van der Waals surface area contributed by atoms with E-state index >= 15 is 0 Å². The molecule has 0 atom stereocenters. The zero-order valence-corrected chi connectivity index (χ0v) is 12.9. The Balaban J connectivity index is 1.95. The maximum atomic E-state index is 11.9. The summed E-state index contributed by atoms with van der Waals surface area (Å²) in [6.45, 7) is -0.242. The minimum absolute atomic E-state index is 0.242. The minimum Gasteiger partial charge on any atom is -0.493 e. The number of hydrogen-bond acceptors (Lipinski definition) is 5. The zero-order valence-electron chi connectivity index (χ0n) is 12.9. The monoisotopic (exact) mass is 328 g/mol. The molecule has 0 radical (unpaired) electrons. The molecule has 0 fully saturated rings. The second-order valence-corrected chi connectivity index (χ2v) is 4.81. The second kappa shape index (κ2) is 7.77. The SMILES string of the molecule is COc1cc(C=O)ccc1OCC(=O)Nc1ccc(C(N)=O)cc1. The highest BCUT2D eigenvalue weighted by atomic mass is 16.5. The lowest BCUT2D eigenvalue weighted by Gasteiger charge is -2.11. The predicted molar refractivity (Wildman–Crippen MR) is 87.5 cm³/mol. The van der Waals surface area contributed by atoms with E-state index in [1.54, 1.807) is 24.3 Å². The van der Waals surface area contributed by atoms with Gasteiger partial charge in [-0.05, 0) is 42.5 Å². The Morgan fingerprint density at radius 2 is 1.83 bits per heavy atom. The van der Waals surface area contributed by atoms with Gasteiger partial charge in [-0.15, -0.1) is 0 Å². The Morgan fingerprint density at radius 1 is 1.12 bits per heavy atom. The molecule has 0 bridgehead atoms. The highest BCUT2D eigenvalue weighted by molar-refractivity contribution is 5.95. The normalized spacial score (nSPS) is 9.88. The molecule has 2 aromatic rings. The first-order valence-electron chi connectivity index (χ1n) is 6.99. The lowest BCUT2D eigenvalue weighted by molar-refractivity contribution is -0.118. The van der Waals surface area contributed by atoms with Gasteiger partial charge in [0.1, 0.15) is 6.29 Å². The number of nitrogens with one attached hydrogen (secondary N) is 1. The summed E-state index contributed by atoms with van der Waals surface area (Å²) >= 11 is 0. The molecule has 2 rings (SSSR count). The maximum Gasteiger partial charge on any atom is 0.262 e. The summed E-state index contributed by atoms with van der Waals surface area (Å²) in [5.41, 5.74) is 6.45. The number of primary amides is 1. The summed E-state index contributed by atoms with van der Waals surface area (Å²) in [6.07, 6.45) is 0.689. The molecule has 0 aliphatic rings. The summed E-state index contributed by atoms with van der Waals surface area (Å²) in [7, 11) is 1.44. The topological polar surface area (TPSA) is 108 Å². The Labute approximate surface area is 138 Å². The van der Waals surface area contributed by atoms with Crippen molar-refractivity contribution in [3.8, 4) is 11.5 Å². The average Bonchev–Trinajstić information content (AvgIpc) is 2.60. The molecule has 0 unspecified atom stereocenters. The molecule has 0 aromatic heterocycles. The van der Waals surface area contributed by atoms with Crippen LogP contribution in [0.3, 0.4) is 0 Å². The standard InChI is InChI=1S/C17H16N2O5/c1-23-15-8-11(9-20)2-7-14(15)24-10-16(21)19-13-5-3-12(4-6-13)17(18)22/h2-9H,10H2,1H3,(H2,18,22)(H,19,21). The fourth-order valence-corrected chi connectivity index (χ4v) is 1.93. The van der Waals surface area contributed by atoms with E-state index in [4.69, 9.17) is 15.2 Å². The van der Waals surface area contributed by atoms with Gasteiger partial charge in [-0.3, -0.25) is 14.4 Å². The lowest BCUT2D eigenvalue weighted by atomic mass is 10.2. The van der Waals surface area contributed by atoms with Gasteiger partial charge in [-0.25, -0.2) is 0 Å². The molecule has 0 saturated carbocycles. The van der Waals surface area contributed by atoms with E-state index in [0.29, 0.717) is 34.6 Å². The fourth-order valence-electron chi connectivity index (χ4n) is 1.93. The third kappa shape index (κ3) is 4.33. The van der Waals surface area contributed by atoms with E-state index in [-0.39, 0.29) is 12.5 Å². The van der Waals surface area contributed by atoms with E-state index in [1.165, 1.54) is 25.3 Å². The Bertz CT molecular complexity index is 756. The summed E-state index contributed by atoms with van der Waals surface area (Å²) in [4.78, 5) is 33.6. The number of anilines is 1. The van der Waals surface area contributed by atoms with Crippen molar-refractivity contribution >= 4 is 23.8 Å². The van der Waals surface area contributed by atoms with Crippen molar-refractivity contribution in [3.05, 3.63) is 53.6 Å². The second-order valence-electron chi connectivity index (χ2n) is 4.81. The van der Waals surface area contributed by atoms with Gasteiger partial charge < -0.3 is 20.5 Å². The molecule has 2 aromatic carbocycles. The number of nitrogens with two attached hydrogens (primary N) is 1. The molecule has 124 valence electrons. The third-order valence-corrected chi connectivity index (χ3v) is 3.14. The highest BCUT2D eigenvalue weighted by Crippen LogP contribution is 2.27. The molecule has 24 heavy (non-hydrogen) atoms. The number of carbonyl (C=O) groups is 3. The number of methoxy groups -OCH3 is 1. The first-order valence-corrected chi connectivity index (χ1v) is 6.99. The summed E-state index contributed by atoms with van der Waals surface area (Å²) < 4.78 is 10.5. The maximum absolute atomic E-state index is 11.9. The van der Waals surface area contributed by atoms with Crippen LogP contribution in [0.5, 0.6) is 11.5 Å². The highest BCUT2D eigenvalue weighted by Gasteiger charge is 2.09. The van der Waals surface area contributed by atoms with Crippen LogP contribution in [0.1, 0.15) is 20.7 Å². The number of carbonyl (C=O) groups excluding carboxylic acids is 3. The van der Waals surface area contributed by atoms with Gasteiger partial charge in [-0.1, -0.05) is 0 Å². The van der Waals surface area contributed by atoms with Crippen LogP contribution >= 0.6 is 0 Å². The van der Waals surface area contributed by atoms with Crippen molar-refractivity contribution in [2.45, 2.75) is 0 Å². The van der Waals surface area contributed by atoms with Crippen LogP contribution in [-0.2, 0) is 4.79 Å². The quantitative estimate of drug-likeness (QED) is 0.751. The van der Waals surface area contributed by atoms with Gasteiger partial charge in [0.25, 0.3) is 5.91 Å². The van der Waals surface area contributed by atoms with Gasteiger partial charge >= 0.3 is 0 Å². The van der Waals surface area contributed by atoms with Crippen molar-refractivity contribution in [2.24, 2.45) is 5.73 Å². The molecule has 2 amide bonds. The van der Waals surface area contributed by atoms with E-state index in [0.717, 1.165) is 0 Å². The third-order valence-electron chi connectivity index (χ3n) is 3.14. The molecule has 7 nitrogen and oxygen atoms in total. The number of ether oxygens (including phenoxy) is 2. The summed E-state index contributed by atoms with van der Waals surface area (Å²) in [5.74, 6) is -0.217. The number of benzene rings is 2. The number of aldehydes is 1. The van der Waals surface area contributed by atoms with Crippen molar-refractivity contribution < 1.29 is 23.9 Å². The van der Waals surface area contributed by atoms with Crippen molar-refractivity contribution in [2.75, 3.05) is 19.0 Å². The van der Waals surface area contributed by atoms with Crippen LogP contribution in [0.4, 0.5) is 5.69 Å². The van der Waals surface area contributed by atoms with Gasteiger partial charge in [0.15, 0.2) is 18.1 Å². The van der Waals surface area contributed by atoms with Gasteiger partial charge in [0, 0.05) is 16.8 Å². The largest absolute Gasteiger partial charge is 0.493 e. The molecule has 3 N–H and O–H groups in total. The molecular weight excluding hydrogens is 312 g/mol. The minimum atomic E-state index is -0.540. The summed E-state index contributed by atoms with van der Waals surface area (Å²) in [6, 6.07) is 10.8. The van der Waals surface area contributed by atoms with Crippen LogP contribution in [0.2, 0.25) is 0 Å². The zero-order chi connectivity index (χ0) is 17.5. The number of amides is 2. The molecule has 7 heteroatoms. The molecule has 0 heterocycles. The fraction of sp³-hybridized carbons (Fsp3) is 0.118. The van der Waals surface area contributed by atoms with Gasteiger partial charge in [-0.2, -0.15) is 0 Å². The Kier molecular flexibility index (Phi) is 5.51. The van der Waals surface area contributed by atoms with Gasteiger partial charge in [0.05, 0.1) is 7.11 Å². The van der Waals surface area contributed by atoms with E-state index in [2.05, 4.69) is 5.32 Å². The summed E-state index contributed by atoms with van der Waals surface area (Å²) in [5, 5.41) is 2.63. The van der Waals surface area contributed by atoms with Crippen LogP contribution < -0.4 is 20.5 Å². The molecular formula is C17H16N2O5. The smallest absolute Gasteiger partial charge is 0.262 e. The van der Waals surface area contributed by atoms with E-state index in [9.17, 15) is 14.4 Å². The Morgan fingerprint density at radius 3 is 2.42 bits per heavy atom.